The van der Waals surface area contributed by atoms with Gasteiger partial charge in [0, 0.05) is 25.1 Å². The first-order valence-corrected chi connectivity index (χ1v) is 11.6. The standard InChI is InChI=1S/C22H21ClN6O2S/c1-13(27-20-19-21(25-11-24-20)32-12-26-19)16-10-14-4-2-5-15(23)17(14)18(28-16)22(30)29-6-3-8-31-9-7-29/h2,4-5,10-13H,3,6-9H2,1H3,(H,24,25,27). The summed E-state index contributed by atoms with van der Waals surface area (Å²) in [5.74, 6) is 0.501. The third-order valence-corrected chi connectivity index (χ3v) is 6.52. The Bertz CT molecular complexity index is 1290. The number of carbonyl (C=O) groups excluding carboxylic acids is 1. The van der Waals surface area contributed by atoms with E-state index in [1.54, 1.807) is 16.5 Å². The lowest BCUT2D eigenvalue weighted by Gasteiger charge is -2.22. The lowest BCUT2D eigenvalue weighted by atomic mass is 10.0. The predicted octanol–water partition coefficient (Wildman–Crippen LogP) is 4.32. The summed E-state index contributed by atoms with van der Waals surface area (Å²) in [5.41, 5.74) is 3.54. The number of fused-ring (bicyclic) bond motifs is 2. The maximum atomic E-state index is 13.5. The summed E-state index contributed by atoms with van der Waals surface area (Å²) in [6, 6.07) is 7.35. The van der Waals surface area contributed by atoms with E-state index in [1.165, 1.54) is 17.7 Å². The van der Waals surface area contributed by atoms with Gasteiger partial charge in [0.25, 0.3) is 5.91 Å². The Morgan fingerprint density at radius 1 is 1.25 bits per heavy atom. The summed E-state index contributed by atoms with van der Waals surface area (Å²) >= 11 is 7.98. The number of thiazole rings is 1. The highest BCUT2D eigenvalue weighted by atomic mass is 35.5. The van der Waals surface area contributed by atoms with Crippen LogP contribution in [0.4, 0.5) is 5.82 Å². The van der Waals surface area contributed by atoms with E-state index in [1.807, 2.05) is 25.1 Å². The molecule has 0 bridgehead atoms. The fourth-order valence-electron chi connectivity index (χ4n) is 3.84. The molecule has 3 aromatic heterocycles. The van der Waals surface area contributed by atoms with Crippen molar-refractivity contribution in [1.82, 2.24) is 24.8 Å². The van der Waals surface area contributed by atoms with E-state index in [4.69, 9.17) is 21.3 Å². The molecule has 1 unspecified atom stereocenters. The normalized spacial score (nSPS) is 15.6. The molecule has 1 saturated heterocycles. The van der Waals surface area contributed by atoms with Crippen molar-refractivity contribution in [1.29, 1.82) is 0 Å². The first-order valence-electron chi connectivity index (χ1n) is 10.4. The number of hydrogen-bond acceptors (Lipinski definition) is 8. The molecule has 4 heterocycles. The molecule has 164 valence electrons. The number of nitrogens with one attached hydrogen (secondary N) is 1. The summed E-state index contributed by atoms with van der Waals surface area (Å²) in [5, 5.41) is 5.42. The molecule has 1 N–H and O–H groups in total. The second kappa shape index (κ2) is 8.93. The van der Waals surface area contributed by atoms with Crippen molar-refractivity contribution in [2.75, 3.05) is 31.6 Å². The number of aromatic nitrogens is 4. The van der Waals surface area contributed by atoms with Crippen LogP contribution in [0.1, 0.15) is 35.6 Å². The number of ether oxygens (including phenoxy) is 1. The van der Waals surface area contributed by atoms with Gasteiger partial charge in [0.1, 0.15) is 22.4 Å². The molecule has 1 aliphatic rings. The molecule has 0 radical (unpaired) electrons. The minimum Gasteiger partial charge on any atom is -0.380 e. The first-order chi connectivity index (χ1) is 15.6. The van der Waals surface area contributed by atoms with Gasteiger partial charge in [-0.2, -0.15) is 0 Å². The van der Waals surface area contributed by atoms with Crippen molar-refractivity contribution in [3.8, 4) is 0 Å². The Kier molecular flexibility index (Phi) is 5.86. The third-order valence-electron chi connectivity index (χ3n) is 5.47. The molecule has 1 aliphatic heterocycles. The first kappa shape index (κ1) is 21.0. The molecule has 1 aromatic carbocycles. The van der Waals surface area contributed by atoms with Gasteiger partial charge in [-0.05, 0) is 30.9 Å². The minimum absolute atomic E-state index is 0.133. The van der Waals surface area contributed by atoms with Crippen molar-refractivity contribution >= 4 is 55.8 Å². The molecule has 0 aliphatic carbocycles. The molecule has 0 saturated carbocycles. The Balaban J connectivity index is 1.55. The Hall–Kier alpha value is -2.88. The number of pyridine rings is 1. The summed E-state index contributed by atoms with van der Waals surface area (Å²) < 4.78 is 5.51. The zero-order valence-corrected chi connectivity index (χ0v) is 19.0. The quantitative estimate of drug-likeness (QED) is 0.476. The van der Waals surface area contributed by atoms with Crippen molar-refractivity contribution in [2.45, 2.75) is 19.4 Å². The molecule has 0 spiro atoms. The van der Waals surface area contributed by atoms with Gasteiger partial charge in [-0.15, -0.1) is 11.3 Å². The Labute approximate surface area is 193 Å². The van der Waals surface area contributed by atoms with E-state index in [2.05, 4.69) is 20.3 Å². The molecule has 8 nitrogen and oxygen atoms in total. The van der Waals surface area contributed by atoms with E-state index in [0.29, 0.717) is 53.7 Å². The zero-order valence-electron chi connectivity index (χ0n) is 17.4. The SMILES string of the molecule is CC(Nc1ncnc2scnc12)c1cc2cccc(Cl)c2c(C(=O)N2CCCOCC2)n1. The van der Waals surface area contributed by atoms with Crippen molar-refractivity contribution in [2.24, 2.45) is 0 Å². The fraction of sp³-hybridized carbons (Fsp3) is 0.318. The number of anilines is 1. The van der Waals surface area contributed by atoms with Crippen LogP contribution in [0.3, 0.4) is 0 Å². The van der Waals surface area contributed by atoms with Gasteiger partial charge < -0.3 is 15.0 Å². The molecule has 1 amide bonds. The van der Waals surface area contributed by atoms with Gasteiger partial charge in [0.05, 0.1) is 28.9 Å². The van der Waals surface area contributed by atoms with Crippen LogP contribution in [0, 0.1) is 0 Å². The number of rotatable bonds is 4. The van der Waals surface area contributed by atoms with Crippen LogP contribution in [-0.4, -0.2) is 57.0 Å². The number of benzene rings is 1. The Morgan fingerprint density at radius 3 is 3.06 bits per heavy atom. The molecule has 1 atom stereocenters. The van der Waals surface area contributed by atoms with Gasteiger partial charge in [-0.1, -0.05) is 23.7 Å². The number of nitrogens with zero attached hydrogens (tertiary/aromatic N) is 5. The van der Waals surface area contributed by atoms with Crippen LogP contribution in [-0.2, 0) is 4.74 Å². The summed E-state index contributed by atoms with van der Waals surface area (Å²) in [4.78, 5) is 33.8. The van der Waals surface area contributed by atoms with Crippen molar-refractivity contribution < 1.29 is 9.53 Å². The van der Waals surface area contributed by atoms with Gasteiger partial charge >= 0.3 is 0 Å². The van der Waals surface area contributed by atoms with Crippen molar-refractivity contribution in [3.05, 3.63) is 52.5 Å². The highest BCUT2D eigenvalue weighted by Crippen LogP contribution is 2.31. The monoisotopic (exact) mass is 468 g/mol. The van der Waals surface area contributed by atoms with E-state index >= 15 is 0 Å². The van der Waals surface area contributed by atoms with E-state index in [0.717, 1.165) is 22.3 Å². The molecular weight excluding hydrogens is 448 g/mol. The smallest absolute Gasteiger partial charge is 0.273 e. The van der Waals surface area contributed by atoms with Gasteiger partial charge in [-0.25, -0.2) is 19.9 Å². The fourth-order valence-corrected chi connectivity index (χ4v) is 4.74. The average Bonchev–Trinajstić information content (AvgIpc) is 3.13. The molecule has 4 aromatic rings. The van der Waals surface area contributed by atoms with Gasteiger partial charge in [0.15, 0.2) is 5.82 Å². The van der Waals surface area contributed by atoms with Crippen LogP contribution in [0.5, 0.6) is 0 Å². The predicted molar refractivity (Wildman–Crippen MR) is 125 cm³/mol. The largest absolute Gasteiger partial charge is 0.380 e. The summed E-state index contributed by atoms with van der Waals surface area (Å²) in [6.07, 6.45) is 2.31. The van der Waals surface area contributed by atoms with Crippen LogP contribution in [0.15, 0.2) is 36.1 Å². The van der Waals surface area contributed by atoms with E-state index in [9.17, 15) is 4.79 Å². The number of amides is 1. The van der Waals surface area contributed by atoms with Crippen molar-refractivity contribution in [3.63, 3.8) is 0 Å². The number of carbonyl (C=O) groups is 1. The van der Waals surface area contributed by atoms with E-state index in [-0.39, 0.29) is 11.9 Å². The lowest BCUT2D eigenvalue weighted by Crippen LogP contribution is -2.34. The van der Waals surface area contributed by atoms with Crippen LogP contribution < -0.4 is 5.32 Å². The average molecular weight is 469 g/mol. The van der Waals surface area contributed by atoms with Crippen LogP contribution in [0.25, 0.3) is 21.1 Å². The zero-order chi connectivity index (χ0) is 22.1. The maximum Gasteiger partial charge on any atom is 0.273 e. The lowest BCUT2D eigenvalue weighted by molar-refractivity contribution is 0.0737. The summed E-state index contributed by atoms with van der Waals surface area (Å²) in [6.45, 7) is 4.32. The molecular formula is C22H21ClN6O2S. The molecule has 10 heteroatoms. The number of hydrogen-bond donors (Lipinski definition) is 1. The molecule has 1 fully saturated rings. The number of halogens is 1. The second-order valence-corrected chi connectivity index (χ2v) is 8.83. The topological polar surface area (TPSA) is 93.1 Å². The van der Waals surface area contributed by atoms with Gasteiger partial charge in [-0.3, -0.25) is 4.79 Å². The third kappa shape index (κ3) is 3.99. The Morgan fingerprint density at radius 2 is 2.16 bits per heavy atom. The second-order valence-electron chi connectivity index (χ2n) is 7.59. The maximum absolute atomic E-state index is 13.5. The highest BCUT2D eigenvalue weighted by molar-refractivity contribution is 7.16. The molecule has 5 rings (SSSR count). The van der Waals surface area contributed by atoms with Crippen LogP contribution >= 0.6 is 22.9 Å². The van der Waals surface area contributed by atoms with E-state index < -0.39 is 0 Å². The minimum atomic E-state index is -0.225. The van der Waals surface area contributed by atoms with Gasteiger partial charge in [0.2, 0.25) is 0 Å². The summed E-state index contributed by atoms with van der Waals surface area (Å²) in [7, 11) is 0. The highest BCUT2D eigenvalue weighted by Gasteiger charge is 2.24. The van der Waals surface area contributed by atoms with Crippen LogP contribution in [0.2, 0.25) is 5.02 Å². The molecule has 32 heavy (non-hydrogen) atoms.